The summed E-state index contributed by atoms with van der Waals surface area (Å²) in [7, 11) is 0.0897. The molecular weight excluding hydrogens is 190 g/mol. The van der Waals surface area contributed by atoms with Gasteiger partial charge in [0.1, 0.15) is 0 Å². The first-order valence-electron chi connectivity index (χ1n) is 4.55. The fourth-order valence-corrected chi connectivity index (χ4v) is 2.97. The lowest BCUT2D eigenvalue weighted by atomic mass is 9.97. The predicted octanol–water partition coefficient (Wildman–Crippen LogP) is 0.493. The van der Waals surface area contributed by atoms with E-state index in [9.17, 15) is 8.42 Å². The highest BCUT2D eigenvalue weighted by atomic mass is 32.2. The van der Waals surface area contributed by atoms with E-state index < -0.39 is 10.0 Å². The Kier molecular flexibility index (Phi) is 3.70. The van der Waals surface area contributed by atoms with E-state index in [-0.39, 0.29) is 11.4 Å². The van der Waals surface area contributed by atoms with Gasteiger partial charge in [0.05, 0.1) is 11.4 Å². The molecule has 1 aliphatic rings. The van der Waals surface area contributed by atoms with E-state index in [1.807, 2.05) is 0 Å². The summed E-state index contributed by atoms with van der Waals surface area (Å²) in [5.41, 5.74) is 0. The summed E-state index contributed by atoms with van der Waals surface area (Å²) in [4.78, 5) is 0. The molecule has 0 heterocycles. The van der Waals surface area contributed by atoms with Crippen molar-refractivity contribution >= 4 is 10.0 Å². The van der Waals surface area contributed by atoms with Gasteiger partial charge < -0.3 is 4.74 Å². The summed E-state index contributed by atoms with van der Waals surface area (Å²) >= 11 is 0. The van der Waals surface area contributed by atoms with E-state index in [1.54, 1.807) is 7.11 Å². The third-order valence-electron chi connectivity index (χ3n) is 2.68. The van der Waals surface area contributed by atoms with Crippen LogP contribution in [0.25, 0.3) is 0 Å². The number of sulfonamides is 1. The lowest BCUT2D eigenvalue weighted by Gasteiger charge is -2.26. The molecule has 5 heteroatoms. The van der Waals surface area contributed by atoms with Crippen LogP contribution in [0.4, 0.5) is 0 Å². The zero-order chi connectivity index (χ0) is 9.90. The molecule has 0 aromatic rings. The van der Waals surface area contributed by atoms with Crippen LogP contribution in [0, 0.1) is 0 Å². The second-order valence-corrected chi connectivity index (χ2v) is 5.55. The fraction of sp³-hybridized carbons (Fsp3) is 1.00. The lowest BCUT2D eigenvalue weighted by Crippen LogP contribution is -2.36. The van der Waals surface area contributed by atoms with E-state index >= 15 is 0 Å². The van der Waals surface area contributed by atoms with E-state index in [4.69, 9.17) is 4.74 Å². The first-order chi connectivity index (χ1) is 6.10. The quantitative estimate of drug-likeness (QED) is 0.733. The monoisotopic (exact) mass is 207 g/mol. The lowest BCUT2D eigenvalue weighted by molar-refractivity contribution is 0.0716. The van der Waals surface area contributed by atoms with Gasteiger partial charge in [0.25, 0.3) is 0 Å². The summed E-state index contributed by atoms with van der Waals surface area (Å²) in [6, 6.07) is 0. The minimum atomic E-state index is -3.06. The van der Waals surface area contributed by atoms with Crippen LogP contribution in [0.2, 0.25) is 0 Å². The maximum absolute atomic E-state index is 11.4. The van der Waals surface area contributed by atoms with Crippen LogP contribution in [0.15, 0.2) is 0 Å². The van der Waals surface area contributed by atoms with Crippen LogP contribution >= 0.6 is 0 Å². The average molecular weight is 207 g/mol. The zero-order valence-corrected chi connectivity index (χ0v) is 8.93. The van der Waals surface area contributed by atoms with Crippen LogP contribution < -0.4 is 4.72 Å². The maximum Gasteiger partial charge on any atom is 0.214 e. The van der Waals surface area contributed by atoms with Crippen molar-refractivity contribution in [2.45, 2.75) is 37.0 Å². The standard InChI is InChI=1S/C8H17NO3S/c1-9-13(10,11)8-5-3-7(12-2)4-6-8/h7-9H,3-6H2,1-2H3. The molecule has 78 valence electrons. The topological polar surface area (TPSA) is 55.4 Å². The highest BCUT2D eigenvalue weighted by Crippen LogP contribution is 2.24. The molecule has 1 fully saturated rings. The van der Waals surface area contributed by atoms with Gasteiger partial charge in [-0.25, -0.2) is 13.1 Å². The van der Waals surface area contributed by atoms with E-state index in [1.165, 1.54) is 7.05 Å². The molecule has 1 rings (SSSR count). The van der Waals surface area contributed by atoms with Crippen molar-refractivity contribution in [1.29, 1.82) is 0 Å². The van der Waals surface area contributed by atoms with Crippen molar-refractivity contribution in [3.63, 3.8) is 0 Å². The molecule has 0 aliphatic heterocycles. The largest absolute Gasteiger partial charge is 0.381 e. The van der Waals surface area contributed by atoms with Crippen molar-refractivity contribution < 1.29 is 13.2 Å². The molecule has 0 aromatic carbocycles. The van der Waals surface area contributed by atoms with Crippen molar-refractivity contribution in [2.75, 3.05) is 14.2 Å². The average Bonchev–Trinajstić information content (AvgIpc) is 2.18. The first kappa shape index (κ1) is 10.9. The Hall–Kier alpha value is -0.130. The van der Waals surface area contributed by atoms with Gasteiger partial charge in [-0.2, -0.15) is 0 Å². The molecule has 0 amide bonds. The molecule has 0 radical (unpaired) electrons. The number of nitrogens with one attached hydrogen (secondary N) is 1. The summed E-state index contributed by atoms with van der Waals surface area (Å²) < 4.78 is 30.3. The first-order valence-corrected chi connectivity index (χ1v) is 6.10. The molecule has 0 aromatic heterocycles. The SMILES string of the molecule is CNS(=O)(=O)C1CCC(OC)CC1. The Morgan fingerprint density at radius 2 is 1.77 bits per heavy atom. The van der Waals surface area contributed by atoms with Crippen LogP contribution in [-0.2, 0) is 14.8 Å². The van der Waals surface area contributed by atoms with Gasteiger partial charge in [0, 0.05) is 7.11 Å². The number of hydrogen-bond acceptors (Lipinski definition) is 3. The van der Waals surface area contributed by atoms with Gasteiger partial charge in [-0.15, -0.1) is 0 Å². The minimum Gasteiger partial charge on any atom is -0.381 e. The summed E-state index contributed by atoms with van der Waals surface area (Å²) in [6.07, 6.45) is 3.37. The molecule has 1 saturated carbocycles. The molecule has 4 nitrogen and oxygen atoms in total. The zero-order valence-electron chi connectivity index (χ0n) is 8.12. The van der Waals surface area contributed by atoms with E-state index in [0.29, 0.717) is 12.8 Å². The Labute approximate surface area is 79.7 Å². The van der Waals surface area contributed by atoms with Crippen molar-refractivity contribution in [2.24, 2.45) is 0 Å². The number of ether oxygens (including phenoxy) is 1. The Morgan fingerprint density at radius 1 is 1.23 bits per heavy atom. The van der Waals surface area contributed by atoms with Crippen molar-refractivity contribution in [1.82, 2.24) is 4.72 Å². The normalized spacial score (nSPS) is 30.3. The third kappa shape index (κ3) is 2.65. The maximum atomic E-state index is 11.4. The van der Waals surface area contributed by atoms with E-state index in [0.717, 1.165) is 12.8 Å². The molecule has 0 atom stereocenters. The van der Waals surface area contributed by atoms with Crippen LogP contribution in [0.5, 0.6) is 0 Å². The van der Waals surface area contributed by atoms with Crippen molar-refractivity contribution in [3.8, 4) is 0 Å². The van der Waals surface area contributed by atoms with Gasteiger partial charge >= 0.3 is 0 Å². The number of rotatable bonds is 3. The molecule has 1 N–H and O–H groups in total. The highest BCUT2D eigenvalue weighted by molar-refractivity contribution is 7.90. The van der Waals surface area contributed by atoms with E-state index in [2.05, 4.69) is 4.72 Å². The number of hydrogen-bond donors (Lipinski definition) is 1. The Morgan fingerprint density at radius 3 is 2.15 bits per heavy atom. The van der Waals surface area contributed by atoms with Crippen LogP contribution in [-0.4, -0.2) is 33.9 Å². The van der Waals surface area contributed by atoms with Gasteiger partial charge in [0.15, 0.2) is 0 Å². The van der Waals surface area contributed by atoms with Crippen LogP contribution in [0.3, 0.4) is 0 Å². The van der Waals surface area contributed by atoms with Gasteiger partial charge in [0.2, 0.25) is 10.0 Å². The molecule has 1 aliphatic carbocycles. The molecule has 0 bridgehead atoms. The molecule has 0 saturated heterocycles. The van der Waals surface area contributed by atoms with Gasteiger partial charge in [-0.05, 0) is 32.7 Å². The van der Waals surface area contributed by atoms with Crippen molar-refractivity contribution in [3.05, 3.63) is 0 Å². The highest BCUT2D eigenvalue weighted by Gasteiger charge is 2.29. The fourth-order valence-electron chi connectivity index (χ4n) is 1.74. The third-order valence-corrected chi connectivity index (χ3v) is 4.60. The molecule has 0 spiro atoms. The Balaban J connectivity index is 2.50. The molecular formula is C8H17NO3S. The predicted molar refractivity (Wildman–Crippen MR) is 51.0 cm³/mol. The minimum absolute atomic E-state index is 0.219. The van der Waals surface area contributed by atoms with Gasteiger partial charge in [-0.1, -0.05) is 0 Å². The summed E-state index contributed by atoms with van der Waals surface area (Å²) in [5, 5.41) is -0.219. The van der Waals surface area contributed by atoms with Gasteiger partial charge in [-0.3, -0.25) is 0 Å². The Bertz CT molecular complexity index is 242. The molecule has 0 unspecified atom stereocenters. The van der Waals surface area contributed by atoms with Crippen LogP contribution in [0.1, 0.15) is 25.7 Å². The second-order valence-electron chi connectivity index (χ2n) is 3.38. The smallest absolute Gasteiger partial charge is 0.214 e. The summed E-state index contributed by atoms with van der Waals surface area (Å²) in [6.45, 7) is 0. The second kappa shape index (κ2) is 4.39. The summed E-state index contributed by atoms with van der Waals surface area (Å²) in [5.74, 6) is 0. The molecule has 13 heavy (non-hydrogen) atoms. The number of methoxy groups -OCH3 is 1.